The van der Waals surface area contributed by atoms with Crippen molar-refractivity contribution in [2.24, 2.45) is 11.8 Å². The number of ether oxygens (including phenoxy) is 2. The van der Waals surface area contributed by atoms with Crippen molar-refractivity contribution in [3.63, 3.8) is 0 Å². The van der Waals surface area contributed by atoms with Crippen molar-refractivity contribution in [3.8, 4) is 5.69 Å². The first-order valence-corrected chi connectivity index (χ1v) is 33.9. The molecule has 6 atom stereocenters. The topological polar surface area (TPSA) is 250 Å². The molecular formula is C67H82BrF12N11O10. The third kappa shape index (κ3) is 22.2. The number of halogens is 13. The van der Waals surface area contributed by atoms with Crippen molar-refractivity contribution in [2.75, 3.05) is 30.4 Å². The molecule has 2 saturated carbocycles. The number of alkyl halides is 12. The first-order chi connectivity index (χ1) is 47.4. The summed E-state index contributed by atoms with van der Waals surface area (Å²) in [6.45, 7) is 6.99. The zero-order valence-electron chi connectivity index (χ0n) is 56.2. The van der Waals surface area contributed by atoms with Crippen LogP contribution in [0, 0.1) is 11.8 Å². The van der Waals surface area contributed by atoms with Crippen molar-refractivity contribution < 1.29 is 101 Å². The van der Waals surface area contributed by atoms with E-state index in [1.54, 1.807) is 55.6 Å². The molecule has 2 aliphatic carbocycles. The van der Waals surface area contributed by atoms with E-state index in [0.29, 0.717) is 137 Å². The molecule has 5 aromatic rings. The number of carbonyl (C=O) groups excluding carboxylic acids is 2. The molecule has 5 heterocycles. The van der Waals surface area contributed by atoms with Gasteiger partial charge in [0.2, 0.25) is 11.9 Å². The number of amides is 2. The Bertz CT molecular complexity index is 3450. The number of rotatable bonds is 19. The van der Waals surface area contributed by atoms with Gasteiger partial charge in [0, 0.05) is 74.1 Å². The minimum Gasteiger partial charge on any atom is -0.481 e. The minimum absolute atomic E-state index is 0.0996. The lowest BCUT2D eigenvalue weighted by atomic mass is 9.87. The van der Waals surface area contributed by atoms with Gasteiger partial charge in [0.15, 0.2) is 0 Å². The first-order valence-electron chi connectivity index (χ1n) is 33.1. The summed E-state index contributed by atoms with van der Waals surface area (Å²) in [7, 11) is 3.43. The van der Waals surface area contributed by atoms with Gasteiger partial charge in [-0.1, -0.05) is 27.7 Å². The maximum Gasteiger partial charge on any atom is 0.416 e. The van der Waals surface area contributed by atoms with Gasteiger partial charge in [-0.25, -0.2) is 34.5 Å². The molecule has 9 rings (SSSR count). The normalized spacial score (nSPS) is 22.8. The Kier molecular flexibility index (Phi) is 27.6. The molecular weight excluding hydrogens is 1430 g/mol. The summed E-state index contributed by atoms with van der Waals surface area (Å²) in [5, 5.41) is 26.6. The largest absolute Gasteiger partial charge is 0.481 e. The highest BCUT2D eigenvalue weighted by Gasteiger charge is 2.46. The molecule has 2 aliphatic heterocycles. The molecule has 4 aliphatic rings. The number of aromatic nitrogens is 6. The van der Waals surface area contributed by atoms with E-state index < -0.39 is 113 Å². The van der Waals surface area contributed by atoms with E-state index >= 15 is 0 Å². The molecule has 2 amide bonds. The van der Waals surface area contributed by atoms with Gasteiger partial charge >= 0.3 is 54.8 Å². The quantitative estimate of drug-likeness (QED) is 0.0650. The molecule has 101 heavy (non-hydrogen) atoms. The van der Waals surface area contributed by atoms with Crippen LogP contribution in [0.5, 0.6) is 0 Å². The minimum atomic E-state index is -5.01. The van der Waals surface area contributed by atoms with E-state index in [0.717, 1.165) is 0 Å². The standard InChI is InChI=1S/C33H38F6N6O4.C30H35BrF6N4O4.C4H9NO2/c1-3-24-14-26(15-25(4-2)45(24)31(48)49-28-7-5-21(6-8-28)29(46)47)44(30-41-16-27(17-42-30)43-10-9-40-19-43)18-20-11-22(32(34,35)36)13-23(12-20)33(37,38)39;1-3-22-12-24(13-23(4-2)41(22)28(44)45-25-7-5-18(6-8-25)26(42)43)40(27-38-14-21(31)15-39-27)16-17-9-19(29(32,33)34)11-20(10-17)30(35,36)37;1-5(2)3-4(6)7/h9-13,16-17,19,21,24-26,28H,3-8,14-15,18H2,1-2H3,(H,46,47);9-11,14-15,18,22-25H,3-8,12-13,16H2,1-2H3,(H,42,43);3H2,1-2H3,(H,6,7)/t21?,24-,25+,26?,28?;18?,22-,23+,24?,25?;. The molecule has 2 saturated heterocycles. The predicted molar refractivity (Wildman–Crippen MR) is 346 cm³/mol. The number of anilines is 2. The Balaban J connectivity index is 0.000000260. The predicted octanol–water partition coefficient (Wildman–Crippen LogP) is 15.2. The maximum absolute atomic E-state index is 13.8. The van der Waals surface area contributed by atoms with Gasteiger partial charge in [0.1, 0.15) is 12.2 Å². The van der Waals surface area contributed by atoms with Crippen molar-refractivity contribution in [1.29, 1.82) is 0 Å². The number of hydrogen-bond acceptors (Lipinski definition) is 15. The Morgan fingerprint density at radius 3 is 1.10 bits per heavy atom. The van der Waals surface area contributed by atoms with E-state index in [2.05, 4.69) is 40.8 Å². The summed E-state index contributed by atoms with van der Waals surface area (Å²) in [6, 6.07) is 0.715. The summed E-state index contributed by atoms with van der Waals surface area (Å²) < 4.78 is 178. The van der Waals surface area contributed by atoms with Crippen molar-refractivity contribution >= 4 is 57.9 Å². The molecule has 3 aromatic heterocycles. The molecule has 0 bridgehead atoms. The van der Waals surface area contributed by atoms with E-state index in [4.69, 9.17) is 14.6 Å². The average molecular weight is 1510 g/mol. The molecule has 0 radical (unpaired) electrons. The Labute approximate surface area is 583 Å². The number of likely N-dealkylation sites (N-methyl/N-ethyl adjacent to an activating group) is 1. The summed E-state index contributed by atoms with van der Waals surface area (Å²) in [5.74, 6) is -3.21. The summed E-state index contributed by atoms with van der Waals surface area (Å²) in [5.41, 5.74) is -5.52. The molecule has 34 heteroatoms. The van der Waals surface area contributed by atoms with Gasteiger partial charge in [-0.2, -0.15) is 52.7 Å². The summed E-state index contributed by atoms with van der Waals surface area (Å²) >= 11 is 3.26. The van der Waals surface area contributed by atoms with Gasteiger partial charge in [-0.15, -0.1) is 0 Å². The monoisotopic (exact) mass is 1510 g/mol. The molecule has 556 valence electrons. The van der Waals surface area contributed by atoms with E-state index in [9.17, 15) is 86.9 Å². The first kappa shape index (κ1) is 80.3. The van der Waals surface area contributed by atoms with Crippen LogP contribution in [0.2, 0.25) is 0 Å². The van der Waals surface area contributed by atoms with Gasteiger partial charge in [-0.05, 0) is 180 Å². The average Bonchev–Trinajstić information content (AvgIpc) is 0.907. The number of piperidine rings is 2. The molecule has 4 fully saturated rings. The molecule has 3 N–H and O–H groups in total. The Morgan fingerprint density at radius 1 is 0.515 bits per heavy atom. The lowest BCUT2D eigenvalue weighted by Gasteiger charge is -2.47. The van der Waals surface area contributed by atoms with Crippen molar-refractivity contribution in [3.05, 3.63) is 118 Å². The van der Waals surface area contributed by atoms with Crippen molar-refractivity contribution in [1.82, 2.24) is 44.2 Å². The maximum atomic E-state index is 13.8. The van der Waals surface area contributed by atoms with E-state index in [-0.39, 0.29) is 79.0 Å². The molecule has 0 spiro atoms. The highest BCUT2D eigenvalue weighted by Crippen LogP contribution is 2.42. The number of carbonyl (C=O) groups is 5. The smallest absolute Gasteiger partial charge is 0.416 e. The second-order valence-corrected chi connectivity index (χ2v) is 26.7. The highest BCUT2D eigenvalue weighted by molar-refractivity contribution is 9.10. The van der Waals surface area contributed by atoms with Crippen molar-refractivity contribution in [2.45, 2.75) is 217 Å². The number of nitrogens with zero attached hydrogens (tertiary/aromatic N) is 11. The second-order valence-electron chi connectivity index (χ2n) is 25.8. The third-order valence-corrected chi connectivity index (χ3v) is 18.9. The third-order valence-electron chi connectivity index (χ3n) is 18.5. The fourth-order valence-electron chi connectivity index (χ4n) is 13.4. The van der Waals surface area contributed by atoms with Crippen LogP contribution >= 0.6 is 15.9 Å². The fraction of sp³-hybridized carbons (Fsp3) is 0.582. The lowest BCUT2D eigenvalue weighted by molar-refractivity contribution is -0.144. The van der Waals surface area contributed by atoms with Gasteiger partial charge in [-0.3, -0.25) is 19.3 Å². The van der Waals surface area contributed by atoms with Crippen LogP contribution in [0.1, 0.15) is 164 Å². The second kappa shape index (κ2) is 34.8. The van der Waals surface area contributed by atoms with E-state index in [1.165, 1.54) is 31.1 Å². The zero-order chi connectivity index (χ0) is 74.5. The summed E-state index contributed by atoms with van der Waals surface area (Å²) in [6.07, 6.45) is -4.44. The SMILES string of the molecule is CC[C@@H]1CC(N(Cc2cc(C(F)(F)F)cc(C(F)(F)F)c2)c2ncc(-n3ccnc3)cn2)C[C@H](CC)N1C(=O)OC1CCC(C(=O)O)CC1.CC[C@@H]1CC(N(Cc2cc(C(F)(F)F)cc(C(F)(F)F)c2)c2ncc(Br)cn2)C[C@H](CC)N1C(=O)OC1CCC(C(=O)O)CC1.CN(C)CC(=O)O. The Hall–Kier alpha value is -8.04. The Morgan fingerprint density at radius 2 is 0.842 bits per heavy atom. The number of likely N-dealkylation sites (tertiary alicyclic amines) is 2. The molecule has 2 aromatic carbocycles. The van der Waals surface area contributed by atoms with Crippen LogP contribution in [0.25, 0.3) is 5.69 Å². The number of hydrogen-bond donors (Lipinski definition) is 3. The fourth-order valence-corrected chi connectivity index (χ4v) is 13.6. The number of carboxylic acids is 3. The summed E-state index contributed by atoms with van der Waals surface area (Å²) in [4.78, 5) is 89.3. The molecule has 21 nitrogen and oxygen atoms in total. The van der Waals surface area contributed by atoms with Crippen LogP contribution < -0.4 is 9.80 Å². The number of imidazole rings is 1. The van der Waals surface area contributed by atoms with Gasteiger partial charge < -0.3 is 49.0 Å². The van der Waals surface area contributed by atoms with Gasteiger partial charge in [0.25, 0.3) is 0 Å². The van der Waals surface area contributed by atoms with Crippen LogP contribution in [0.4, 0.5) is 74.2 Å². The lowest BCUT2D eigenvalue weighted by Crippen LogP contribution is -2.57. The number of aliphatic carboxylic acids is 3. The van der Waals surface area contributed by atoms with Gasteiger partial charge in [0.05, 0.1) is 69.5 Å². The van der Waals surface area contributed by atoms with E-state index in [1.807, 2.05) is 27.7 Å². The van der Waals surface area contributed by atoms with Crippen LogP contribution in [-0.2, 0) is 61.7 Å². The van der Waals surface area contributed by atoms with Crippen LogP contribution in [-0.4, -0.2) is 159 Å². The molecule has 2 unspecified atom stereocenters. The zero-order valence-corrected chi connectivity index (χ0v) is 57.8. The number of carboxylic acid groups (broad SMARTS) is 3. The highest BCUT2D eigenvalue weighted by atomic mass is 79.9. The van der Waals surface area contributed by atoms with Crippen LogP contribution in [0.15, 0.2) is 84.4 Å². The van der Waals surface area contributed by atoms with Crippen LogP contribution in [0.3, 0.4) is 0 Å². The number of benzene rings is 2.